The van der Waals surface area contributed by atoms with E-state index in [0.717, 1.165) is 0 Å². The quantitative estimate of drug-likeness (QED) is 0.374. The van der Waals surface area contributed by atoms with E-state index in [2.05, 4.69) is 10.3 Å². The highest BCUT2D eigenvalue weighted by Gasteiger charge is 2.69. The highest BCUT2D eigenvalue weighted by Crippen LogP contribution is 2.51. The van der Waals surface area contributed by atoms with Gasteiger partial charge in [0.1, 0.15) is 5.75 Å². The lowest BCUT2D eigenvalue weighted by Crippen LogP contribution is -2.74. The lowest BCUT2D eigenvalue weighted by Gasteiger charge is -2.52. The minimum absolute atomic E-state index is 0.0477. The zero-order chi connectivity index (χ0) is 29.3. The van der Waals surface area contributed by atoms with Crippen LogP contribution in [0.4, 0.5) is 5.69 Å². The highest BCUT2D eigenvalue weighted by molar-refractivity contribution is 6.32. The number of likely N-dealkylation sites (N-methyl/N-ethyl adjacent to an activating group) is 1. The summed E-state index contributed by atoms with van der Waals surface area (Å²) in [6, 6.07) is 5.00. The Balaban J connectivity index is 1.61. The molecule has 5 N–H and O–H groups in total. The zero-order valence-electron chi connectivity index (χ0n) is 22.0. The molecule has 6 unspecified atom stereocenters. The number of phenols is 1. The van der Waals surface area contributed by atoms with Gasteiger partial charge in [-0.2, -0.15) is 0 Å². The maximum absolute atomic E-state index is 13.9. The lowest BCUT2D eigenvalue weighted by molar-refractivity contribution is -0.181. The molecule has 0 spiro atoms. The second-order valence-electron chi connectivity index (χ2n) is 10.9. The fourth-order valence-corrected chi connectivity index (χ4v) is 6.68. The summed E-state index contributed by atoms with van der Waals surface area (Å²) < 4.78 is 0. The predicted molar refractivity (Wildman–Crippen MR) is 139 cm³/mol. The molecule has 208 valence electrons. The largest absolute Gasteiger partial charge is 0.507 e. The maximum atomic E-state index is 13.9. The molecule has 12 nitrogen and oxygen atoms in total. The number of primary amides is 1. The average Bonchev–Trinajstić information content (AvgIpc) is 2.86. The molecule has 1 aromatic heterocycles. The number of Topliss-reactive ketones (excluding diaryl/α,β-unsaturated/α-hetero) is 4. The molecule has 0 aliphatic heterocycles. The number of phenolic OH excluding ortho intramolecular Hbond substituents is 1. The van der Waals surface area contributed by atoms with Gasteiger partial charge in [0, 0.05) is 18.4 Å². The number of amides is 2. The number of benzene rings is 1. The number of pyridine rings is 1. The molecule has 1 heterocycles. The van der Waals surface area contributed by atoms with E-state index < -0.39 is 64.4 Å². The van der Waals surface area contributed by atoms with E-state index in [1.807, 2.05) is 0 Å². The van der Waals surface area contributed by atoms with Gasteiger partial charge in [0.05, 0.1) is 35.1 Å². The number of fused-ring (bicyclic) bond motifs is 3. The van der Waals surface area contributed by atoms with Gasteiger partial charge in [-0.3, -0.25) is 38.7 Å². The monoisotopic (exact) mass is 548 g/mol. The van der Waals surface area contributed by atoms with Crippen molar-refractivity contribution in [2.45, 2.75) is 31.4 Å². The molecule has 6 atom stereocenters. The third-order valence-corrected chi connectivity index (χ3v) is 8.30. The smallest absolute Gasteiger partial charge is 0.235 e. The van der Waals surface area contributed by atoms with Crippen molar-refractivity contribution in [3.05, 3.63) is 41.6 Å². The van der Waals surface area contributed by atoms with E-state index in [0.29, 0.717) is 22.5 Å². The van der Waals surface area contributed by atoms with Gasteiger partial charge in [-0.15, -0.1) is 0 Å². The van der Waals surface area contributed by atoms with Crippen molar-refractivity contribution < 1.29 is 39.0 Å². The van der Waals surface area contributed by atoms with Gasteiger partial charge >= 0.3 is 0 Å². The topological polar surface area (TPSA) is 197 Å². The number of aromatic hydroxyl groups is 1. The number of ketones is 4. The van der Waals surface area contributed by atoms with E-state index in [1.54, 1.807) is 18.2 Å². The number of nitrogens with one attached hydrogen (secondary N) is 1. The molecule has 0 bridgehead atoms. The van der Waals surface area contributed by atoms with Crippen molar-refractivity contribution >= 4 is 40.6 Å². The lowest BCUT2D eigenvalue weighted by atomic mass is 9.52. The van der Waals surface area contributed by atoms with Gasteiger partial charge in [-0.25, -0.2) is 0 Å². The molecule has 0 radical (unpaired) electrons. The standard InChI is InChI=1S/C28H28N4O8/c1-11(33)31-13-4-6-17(30-10-13)14-5-7-18(34)20-15(14)8-12-9-16-22(32(2)3)24(36)21(27(29)39)26(38)28(16,40)25(37)19(12)23(20)35/h4-7,10,12,16,19,21-22,34,40H,8-9H2,1-3H3,(H2,29,39)(H,31,33). The highest BCUT2D eigenvalue weighted by atomic mass is 16.3. The number of nitrogens with two attached hydrogens (primary N) is 1. The maximum Gasteiger partial charge on any atom is 0.235 e. The molecule has 2 amide bonds. The molecule has 1 aromatic carbocycles. The first-order valence-corrected chi connectivity index (χ1v) is 12.7. The summed E-state index contributed by atoms with van der Waals surface area (Å²) >= 11 is 0. The van der Waals surface area contributed by atoms with Crippen LogP contribution in [-0.4, -0.2) is 80.8 Å². The van der Waals surface area contributed by atoms with Crippen LogP contribution in [0.1, 0.15) is 29.3 Å². The summed E-state index contributed by atoms with van der Waals surface area (Å²) in [5, 5.41) is 24.9. The van der Waals surface area contributed by atoms with Gasteiger partial charge in [-0.05, 0) is 62.7 Å². The number of aromatic nitrogens is 1. The van der Waals surface area contributed by atoms with Crippen LogP contribution in [0.15, 0.2) is 30.5 Å². The molecular weight excluding hydrogens is 520 g/mol. The van der Waals surface area contributed by atoms with Gasteiger partial charge < -0.3 is 21.3 Å². The molecule has 3 aliphatic carbocycles. The van der Waals surface area contributed by atoms with E-state index in [-0.39, 0.29) is 30.1 Å². The Labute approximate surface area is 228 Å². The molecule has 12 heteroatoms. The van der Waals surface area contributed by atoms with Crippen LogP contribution in [-0.2, 0) is 30.4 Å². The minimum Gasteiger partial charge on any atom is -0.507 e. The average molecular weight is 549 g/mol. The van der Waals surface area contributed by atoms with E-state index in [4.69, 9.17) is 5.73 Å². The molecule has 40 heavy (non-hydrogen) atoms. The molecule has 0 saturated heterocycles. The number of hydrogen-bond acceptors (Lipinski definition) is 10. The Bertz CT molecular complexity index is 1500. The third kappa shape index (κ3) is 3.86. The summed E-state index contributed by atoms with van der Waals surface area (Å²) in [5.41, 5.74) is 4.33. The SMILES string of the molecule is CC(=O)Nc1ccc(-c2ccc(O)c3c2CC2CC4C(N(C)C)C(=O)C(C(N)=O)C(=O)C4(O)C(=O)C2C3=O)nc1. The van der Waals surface area contributed by atoms with Crippen molar-refractivity contribution in [2.75, 3.05) is 19.4 Å². The Morgan fingerprint density at radius 1 is 1.10 bits per heavy atom. The van der Waals surface area contributed by atoms with Gasteiger partial charge in [0.2, 0.25) is 11.8 Å². The fourth-order valence-electron chi connectivity index (χ4n) is 6.68. The molecule has 3 aliphatic rings. The van der Waals surface area contributed by atoms with Crippen LogP contribution in [0, 0.1) is 23.7 Å². The fraction of sp³-hybridized carbons (Fsp3) is 0.393. The Kier molecular flexibility index (Phi) is 6.42. The number of anilines is 1. The van der Waals surface area contributed by atoms with Crippen molar-refractivity contribution in [2.24, 2.45) is 29.4 Å². The third-order valence-electron chi connectivity index (χ3n) is 8.30. The second-order valence-corrected chi connectivity index (χ2v) is 10.9. The summed E-state index contributed by atoms with van der Waals surface area (Å²) in [6.07, 6.45) is 1.52. The normalized spacial score (nSPS) is 29.5. The van der Waals surface area contributed by atoms with Gasteiger partial charge in [0.25, 0.3) is 0 Å². The number of carbonyl (C=O) groups excluding carboxylic acids is 6. The van der Waals surface area contributed by atoms with E-state index in [1.165, 1.54) is 38.2 Å². The van der Waals surface area contributed by atoms with Crippen molar-refractivity contribution in [3.63, 3.8) is 0 Å². The first-order valence-electron chi connectivity index (χ1n) is 12.7. The number of nitrogens with zero attached hydrogens (tertiary/aromatic N) is 2. The van der Waals surface area contributed by atoms with Crippen molar-refractivity contribution in [1.82, 2.24) is 9.88 Å². The van der Waals surface area contributed by atoms with Crippen LogP contribution in [0.25, 0.3) is 11.3 Å². The number of carbonyl (C=O) groups is 6. The second kappa shape index (κ2) is 9.42. The number of hydrogen-bond donors (Lipinski definition) is 4. The first-order chi connectivity index (χ1) is 18.8. The molecule has 2 fully saturated rings. The van der Waals surface area contributed by atoms with E-state index in [9.17, 15) is 39.0 Å². The van der Waals surface area contributed by atoms with Gasteiger partial charge in [0.15, 0.2) is 34.7 Å². The first kappa shape index (κ1) is 27.3. The van der Waals surface area contributed by atoms with Crippen LogP contribution < -0.4 is 11.1 Å². The molecule has 2 aromatic rings. The van der Waals surface area contributed by atoms with Crippen LogP contribution in [0.5, 0.6) is 5.75 Å². The Hall–Kier alpha value is -4.29. The summed E-state index contributed by atoms with van der Waals surface area (Å²) in [4.78, 5) is 83.5. The van der Waals surface area contributed by atoms with Crippen LogP contribution in [0.3, 0.4) is 0 Å². The van der Waals surface area contributed by atoms with Gasteiger partial charge in [-0.1, -0.05) is 0 Å². The summed E-state index contributed by atoms with van der Waals surface area (Å²) in [6.45, 7) is 1.36. The van der Waals surface area contributed by atoms with Crippen LogP contribution in [0.2, 0.25) is 0 Å². The summed E-state index contributed by atoms with van der Waals surface area (Å²) in [5.74, 6) is -11.3. The zero-order valence-corrected chi connectivity index (χ0v) is 22.0. The summed E-state index contributed by atoms with van der Waals surface area (Å²) in [7, 11) is 3.06. The van der Waals surface area contributed by atoms with Crippen molar-refractivity contribution in [1.29, 1.82) is 0 Å². The molecule has 5 rings (SSSR count). The van der Waals surface area contributed by atoms with E-state index >= 15 is 0 Å². The Morgan fingerprint density at radius 2 is 1.80 bits per heavy atom. The minimum atomic E-state index is -2.77. The number of aliphatic hydroxyl groups is 1. The molecule has 2 saturated carbocycles. The Morgan fingerprint density at radius 3 is 2.38 bits per heavy atom. The molecular formula is C28H28N4O8. The number of rotatable bonds is 4. The van der Waals surface area contributed by atoms with Crippen LogP contribution >= 0.6 is 0 Å². The predicted octanol–water partition coefficient (Wildman–Crippen LogP) is -0.113. The van der Waals surface area contributed by atoms with Crippen molar-refractivity contribution in [3.8, 4) is 17.0 Å².